The van der Waals surface area contributed by atoms with E-state index in [2.05, 4.69) is 52.4 Å². The lowest BCUT2D eigenvalue weighted by molar-refractivity contribution is 0.449. The molecule has 0 aliphatic heterocycles. The van der Waals surface area contributed by atoms with Gasteiger partial charge in [-0.1, -0.05) is 18.2 Å². The fraction of sp³-hybridized carbons (Fsp3) is 0.267. The van der Waals surface area contributed by atoms with Crippen LogP contribution in [0, 0.1) is 6.92 Å². The minimum Gasteiger partial charge on any atom is -0.445 e. The number of fused-ring (bicyclic) bond motifs is 1. The predicted octanol–water partition coefficient (Wildman–Crippen LogP) is 2.76. The van der Waals surface area contributed by atoms with Crippen molar-refractivity contribution in [1.29, 1.82) is 0 Å². The molecule has 1 aromatic carbocycles. The molecule has 0 unspecified atom stereocenters. The third kappa shape index (κ3) is 2.39. The molecule has 0 aliphatic carbocycles. The van der Waals surface area contributed by atoms with Crippen LogP contribution in [0.5, 0.6) is 0 Å². The molecule has 4 nitrogen and oxygen atoms in total. The zero-order valence-corrected chi connectivity index (χ0v) is 11.2. The SMILES string of the molecule is Cc1cnc(CNCc2cn(C)c3ccccc23)o1. The Labute approximate surface area is 112 Å². The summed E-state index contributed by atoms with van der Waals surface area (Å²) in [5.41, 5.74) is 2.55. The number of rotatable bonds is 4. The number of oxazole rings is 1. The van der Waals surface area contributed by atoms with Crippen molar-refractivity contribution < 1.29 is 4.42 Å². The summed E-state index contributed by atoms with van der Waals surface area (Å²) < 4.78 is 7.59. The van der Waals surface area contributed by atoms with Crippen LogP contribution in [0.25, 0.3) is 10.9 Å². The van der Waals surface area contributed by atoms with E-state index in [4.69, 9.17) is 4.42 Å². The molecular formula is C15H17N3O. The van der Waals surface area contributed by atoms with Gasteiger partial charge in [-0.25, -0.2) is 4.98 Å². The molecule has 3 aromatic rings. The van der Waals surface area contributed by atoms with Gasteiger partial charge in [0.25, 0.3) is 0 Å². The van der Waals surface area contributed by atoms with Gasteiger partial charge in [-0.15, -0.1) is 0 Å². The molecule has 2 heterocycles. The molecule has 19 heavy (non-hydrogen) atoms. The highest BCUT2D eigenvalue weighted by Gasteiger charge is 2.06. The fourth-order valence-corrected chi connectivity index (χ4v) is 2.35. The molecule has 0 saturated heterocycles. The first-order chi connectivity index (χ1) is 9.24. The van der Waals surface area contributed by atoms with Gasteiger partial charge in [-0.2, -0.15) is 0 Å². The Morgan fingerprint density at radius 3 is 2.89 bits per heavy atom. The lowest BCUT2D eigenvalue weighted by Crippen LogP contribution is -2.12. The Morgan fingerprint density at radius 2 is 2.11 bits per heavy atom. The molecule has 98 valence electrons. The van der Waals surface area contributed by atoms with Crippen molar-refractivity contribution in [2.24, 2.45) is 7.05 Å². The van der Waals surface area contributed by atoms with Crippen molar-refractivity contribution >= 4 is 10.9 Å². The normalized spacial score (nSPS) is 11.3. The topological polar surface area (TPSA) is 43.0 Å². The molecule has 0 amide bonds. The molecule has 0 spiro atoms. The van der Waals surface area contributed by atoms with Crippen molar-refractivity contribution in [3.63, 3.8) is 0 Å². The summed E-state index contributed by atoms with van der Waals surface area (Å²) in [7, 11) is 2.07. The number of aromatic nitrogens is 2. The van der Waals surface area contributed by atoms with E-state index in [0.29, 0.717) is 6.54 Å². The summed E-state index contributed by atoms with van der Waals surface area (Å²) >= 11 is 0. The van der Waals surface area contributed by atoms with E-state index >= 15 is 0 Å². The Bertz CT molecular complexity index is 696. The van der Waals surface area contributed by atoms with Crippen molar-refractivity contribution in [2.75, 3.05) is 0 Å². The van der Waals surface area contributed by atoms with Crippen LogP contribution >= 0.6 is 0 Å². The maximum Gasteiger partial charge on any atom is 0.208 e. The summed E-state index contributed by atoms with van der Waals surface area (Å²) in [5, 5.41) is 4.66. The van der Waals surface area contributed by atoms with Gasteiger partial charge in [-0.3, -0.25) is 0 Å². The maximum atomic E-state index is 5.44. The first-order valence-corrected chi connectivity index (χ1v) is 6.39. The van der Waals surface area contributed by atoms with E-state index in [9.17, 15) is 0 Å². The second-order valence-electron chi connectivity index (χ2n) is 4.75. The van der Waals surface area contributed by atoms with Gasteiger partial charge < -0.3 is 14.3 Å². The third-order valence-corrected chi connectivity index (χ3v) is 3.24. The van der Waals surface area contributed by atoms with Gasteiger partial charge in [-0.05, 0) is 18.6 Å². The second kappa shape index (κ2) is 4.90. The molecule has 0 radical (unpaired) electrons. The van der Waals surface area contributed by atoms with Crippen LogP contribution in [0.15, 0.2) is 41.1 Å². The number of hydrogen-bond donors (Lipinski definition) is 1. The first-order valence-electron chi connectivity index (χ1n) is 6.39. The van der Waals surface area contributed by atoms with Crippen molar-refractivity contribution in [3.05, 3.63) is 53.9 Å². The van der Waals surface area contributed by atoms with E-state index in [0.717, 1.165) is 18.2 Å². The monoisotopic (exact) mass is 255 g/mol. The van der Waals surface area contributed by atoms with E-state index in [1.807, 2.05) is 6.92 Å². The molecule has 0 bridgehead atoms. The minimum atomic E-state index is 0.650. The lowest BCUT2D eigenvalue weighted by atomic mass is 10.2. The van der Waals surface area contributed by atoms with Gasteiger partial charge in [0.15, 0.2) is 0 Å². The molecule has 0 saturated carbocycles. The van der Waals surface area contributed by atoms with Crippen LogP contribution in [-0.2, 0) is 20.1 Å². The smallest absolute Gasteiger partial charge is 0.208 e. The number of aryl methyl sites for hydroxylation is 2. The Hall–Kier alpha value is -2.07. The highest BCUT2D eigenvalue weighted by Crippen LogP contribution is 2.20. The quantitative estimate of drug-likeness (QED) is 0.779. The highest BCUT2D eigenvalue weighted by atomic mass is 16.4. The van der Waals surface area contributed by atoms with Crippen molar-refractivity contribution in [1.82, 2.24) is 14.9 Å². The molecule has 0 atom stereocenters. The van der Waals surface area contributed by atoms with E-state index in [1.165, 1.54) is 16.5 Å². The Morgan fingerprint density at radius 1 is 1.26 bits per heavy atom. The summed E-state index contributed by atoms with van der Waals surface area (Å²) in [5.74, 6) is 1.58. The summed E-state index contributed by atoms with van der Waals surface area (Å²) in [6.45, 7) is 3.36. The van der Waals surface area contributed by atoms with Crippen molar-refractivity contribution in [2.45, 2.75) is 20.0 Å². The molecule has 4 heteroatoms. The number of nitrogens with zero attached hydrogens (tertiary/aromatic N) is 2. The Kier molecular flexibility index (Phi) is 3.09. The minimum absolute atomic E-state index is 0.650. The summed E-state index contributed by atoms with van der Waals surface area (Å²) in [6.07, 6.45) is 3.91. The predicted molar refractivity (Wildman–Crippen MR) is 74.7 cm³/mol. The average Bonchev–Trinajstić information content (AvgIpc) is 2.96. The number of benzene rings is 1. The molecular weight excluding hydrogens is 238 g/mol. The average molecular weight is 255 g/mol. The molecule has 1 N–H and O–H groups in total. The van der Waals surface area contributed by atoms with Crippen LogP contribution in [0.1, 0.15) is 17.2 Å². The highest BCUT2D eigenvalue weighted by molar-refractivity contribution is 5.83. The number of hydrogen-bond acceptors (Lipinski definition) is 3. The molecule has 0 fully saturated rings. The zero-order valence-electron chi connectivity index (χ0n) is 11.2. The standard InChI is InChI=1S/C15H17N3O/c1-11-7-17-15(19-11)9-16-8-12-10-18(2)14-6-4-3-5-13(12)14/h3-7,10,16H,8-9H2,1-2H3. The first kappa shape index (κ1) is 12.0. The number of nitrogens with one attached hydrogen (secondary N) is 1. The van der Waals surface area contributed by atoms with E-state index in [1.54, 1.807) is 6.20 Å². The maximum absolute atomic E-state index is 5.44. The van der Waals surface area contributed by atoms with Crippen LogP contribution in [0.3, 0.4) is 0 Å². The van der Waals surface area contributed by atoms with Gasteiger partial charge in [0.05, 0.1) is 12.7 Å². The molecule has 2 aromatic heterocycles. The van der Waals surface area contributed by atoms with Crippen LogP contribution in [-0.4, -0.2) is 9.55 Å². The fourth-order valence-electron chi connectivity index (χ4n) is 2.35. The Balaban J connectivity index is 1.72. The van der Waals surface area contributed by atoms with Gasteiger partial charge in [0.2, 0.25) is 5.89 Å². The van der Waals surface area contributed by atoms with Gasteiger partial charge in [0, 0.05) is 30.7 Å². The van der Waals surface area contributed by atoms with Crippen molar-refractivity contribution in [3.8, 4) is 0 Å². The van der Waals surface area contributed by atoms with Crippen LogP contribution < -0.4 is 5.32 Å². The van der Waals surface area contributed by atoms with E-state index < -0.39 is 0 Å². The molecule has 3 rings (SSSR count). The van der Waals surface area contributed by atoms with Gasteiger partial charge in [0.1, 0.15) is 5.76 Å². The number of para-hydroxylation sites is 1. The third-order valence-electron chi connectivity index (χ3n) is 3.24. The summed E-state index contributed by atoms with van der Waals surface area (Å²) in [4.78, 5) is 4.18. The summed E-state index contributed by atoms with van der Waals surface area (Å²) in [6, 6.07) is 8.43. The second-order valence-corrected chi connectivity index (χ2v) is 4.75. The molecule has 0 aliphatic rings. The van der Waals surface area contributed by atoms with E-state index in [-0.39, 0.29) is 0 Å². The lowest BCUT2D eigenvalue weighted by Gasteiger charge is -2.00. The van der Waals surface area contributed by atoms with Crippen LogP contribution in [0.2, 0.25) is 0 Å². The van der Waals surface area contributed by atoms with Crippen LogP contribution in [0.4, 0.5) is 0 Å². The zero-order chi connectivity index (χ0) is 13.2. The van der Waals surface area contributed by atoms with Gasteiger partial charge >= 0.3 is 0 Å². The largest absolute Gasteiger partial charge is 0.445 e.